The average Bonchev–Trinajstić information content (AvgIpc) is 2.62. The number of pyridine rings is 1. The molecule has 1 atom stereocenters. The normalized spacial score (nSPS) is 11.4. The van der Waals surface area contributed by atoms with E-state index in [4.69, 9.17) is 5.11 Å². The van der Waals surface area contributed by atoms with Crippen LogP contribution in [-0.4, -0.2) is 27.2 Å². The van der Waals surface area contributed by atoms with E-state index in [9.17, 15) is 14.9 Å². The van der Waals surface area contributed by atoms with Gasteiger partial charge in [-0.05, 0) is 43.7 Å². The van der Waals surface area contributed by atoms with Crippen LogP contribution in [0.15, 0.2) is 41.4 Å². The van der Waals surface area contributed by atoms with E-state index in [-0.39, 0.29) is 11.5 Å². The molecular weight excluding hydrogens is 350 g/mol. The lowest BCUT2D eigenvalue weighted by molar-refractivity contribution is -0.115. The summed E-state index contributed by atoms with van der Waals surface area (Å²) in [5, 5.41) is 21.0. The van der Waals surface area contributed by atoms with Crippen molar-refractivity contribution in [1.82, 2.24) is 4.98 Å². The number of benzene rings is 1. The standard InChI is InChI=1S/C19H19N3O3S/c1-3-5-15-9-8-14(11-20)18(22-15)26-12(2)17(23)21-16-7-4-6-13(10-16)19(24)25/h4,6-10,12H,3,5H2,1-2H3,(H,21,23)(H,24,25). The molecule has 6 nitrogen and oxygen atoms in total. The minimum absolute atomic E-state index is 0.101. The Kier molecular flexibility index (Phi) is 6.75. The second-order valence-corrected chi connectivity index (χ2v) is 6.98. The van der Waals surface area contributed by atoms with Crippen molar-refractivity contribution in [2.24, 2.45) is 0 Å². The Morgan fingerprint density at radius 2 is 2.12 bits per heavy atom. The number of rotatable bonds is 7. The maximum atomic E-state index is 12.4. The number of carboxylic acids is 1. The molecule has 1 unspecified atom stereocenters. The van der Waals surface area contributed by atoms with Crippen molar-refractivity contribution in [2.75, 3.05) is 5.32 Å². The molecule has 0 saturated heterocycles. The third-order valence-corrected chi connectivity index (χ3v) is 4.68. The molecule has 0 fully saturated rings. The van der Waals surface area contributed by atoms with Crippen molar-refractivity contribution >= 4 is 29.3 Å². The number of carbonyl (C=O) groups excluding carboxylic acids is 1. The largest absolute Gasteiger partial charge is 0.478 e. The van der Waals surface area contributed by atoms with Crippen molar-refractivity contribution < 1.29 is 14.7 Å². The van der Waals surface area contributed by atoms with Crippen LogP contribution >= 0.6 is 11.8 Å². The lowest BCUT2D eigenvalue weighted by Gasteiger charge is -2.13. The monoisotopic (exact) mass is 369 g/mol. The van der Waals surface area contributed by atoms with Gasteiger partial charge in [0.2, 0.25) is 5.91 Å². The molecule has 0 aliphatic carbocycles. The average molecular weight is 369 g/mol. The van der Waals surface area contributed by atoms with Gasteiger partial charge in [-0.15, -0.1) is 0 Å². The maximum Gasteiger partial charge on any atom is 0.335 e. The molecule has 2 aromatic rings. The maximum absolute atomic E-state index is 12.4. The Morgan fingerprint density at radius 3 is 2.77 bits per heavy atom. The zero-order valence-electron chi connectivity index (χ0n) is 14.5. The number of nitrogens with zero attached hydrogens (tertiary/aromatic N) is 2. The van der Waals surface area contributed by atoms with Gasteiger partial charge >= 0.3 is 5.97 Å². The van der Waals surface area contributed by atoms with Crippen LogP contribution in [0.5, 0.6) is 0 Å². The SMILES string of the molecule is CCCc1ccc(C#N)c(SC(C)C(=O)Nc2cccc(C(=O)O)c2)n1. The summed E-state index contributed by atoms with van der Waals surface area (Å²) in [6.07, 6.45) is 1.75. The molecule has 0 radical (unpaired) electrons. The molecule has 1 amide bonds. The molecule has 2 N–H and O–H groups in total. The van der Waals surface area contributed by atoms with E-state index in [1.54, 1.807) is 25.1 Å². The Balaban J connectivity index is 2.12. The van der Waals surface area contributed by atoms with E-state index in [1.165, 1.54) is 23.9 Å². The van der Waals surface area contributed by atoms with Crippen molar-refractivity contribution in [3.8, 4) is 6.07 Å². The highest BCUT2D eigenvalue weighted by Gasteiger charge is 2.18. The van der Waals surface area contributed by atoms with E-state index in [0.29, 0.717) is 16.3 Å². The lowest BCUT2D eigenvalue weighted by atomic mass is 10.2. The first-order valence-corrected chi connectivity index (χ1v) is 9.03. The van der Waals surface area contributed by atoms with Gasteiger partial charge < -0.3 is 10.4 Å². The summed E-state index contributed by atoms with van der Waals surface area (Å²) in [6.45, 7) is 3.77. The van der Waals surface area contributed by atoms with Gasteiger partial charge in [-0.2, -0.15) is 5.26 Å². The van der Waals surface area contributed by atoms with Crippen LogP contribution in [0.3, 0.4) is 0 Å². The van der Waals surface area contributed by atoms with Gasteiger partial charge in [0.05, 0.1) is 16.4 Å². The van der Waals surface area contributed by atoms with Crippen LogP contribution in [0.1, 0.15) is 41.9 Å². The van der Waals surface area contributed by atoms with Crippen molar-refractivity contribution in [2.45, 2.75) is 37.0 Å². The second-order valence-electron chi connectivity index (χ2n) is 5.65. The van der Waals surface area contributed by atoms with Crippen LogP contribution in [-0.2, 0) is 11.2 Å². The lowest BCUT2D eigenvalue weighted by Crippen LogP contribution is -2.22. The van der Waals surface area contributed by atoms with E-state index >= 15 is 0 Å². The summed E-state index contributed by atoms with van der Waals surface area (Å²) in [5.41, 5.74) is 1.83. The molecule has 0 saturated carbocycles. The van der Waals surface area contributed by atoms with Gasteiger partial charge in [0, 0.05) is 11.4 Å². The first kappa shape index (κ1) is 19.5. The quantitative estimate of drug-likeness (QED) is 0.721. The van der Waals surface area contributed by atoms with Gasteiger partial charge in [-0.3, -0.25) is 4.79 Å². The summed E-state index contributed by atoms with van der Waals surface area (Å²) in [7, 11) is 0. The summed E-state index contributed by atoms with van der Waals surface area (Å²) < 4.78 is 0. The van der Waals surface area contributed by atoms with E-state index in [0.717, 1.165) is 18.5 Å². The van der Waals surface area contributed by atoms with Crippen LogP contribution in [0.2, 0.25) is 0 Å². The summed E-state index contributed by atoms with van der Waals surface area (Å²) in [4.78, 5) is 27.9. The number of amides is 1. The number of hydrogen-bond donors (Lipinski definition) is 2. The van der Waals surface area contributed by atoms with E-state index in [2.05, 4.69) is 16.4 Å². The highest BCUT2D eigenvalue weighted by atomic mass is 32.2. The summed E-state index contributed by atoms with van der Waals surface area (Å²) in [6, 6.07) is 11.7. The Bertz CT molecular complexity index is 861. The first-order valence-electron chi connectivity index (χ1n) is 8.15. The molecule has 1 aromatic carbocycles. The molecule has 1 heterocycles. The van der Waals surface area contributed by atoms with Crippen LogP contribution < -0.4 is 5.32 Å². The molecule has 0 bridgehead atoms. The number of aromatic nitrogens is 1. The zero-order valence-corrected chi connectivity index (χ0v) is 15.3. The Labute approximate surface area is 156 Å². The number of carboxylic acid groups (broad SMARTS) is 1. The van der Waals surface area contributed by atoms with Crippen molar-refractivity contribution in [3.63, 3.8) is 0 Å². The smallest absolute Gasteiger partial charge is 0.335 e. The molecule has 26 heavy (non-hydrogen) atoms. The van der Waals surface area contributed by atoms with Gasteiger partial charge in [0.25, 0.3) is 0 Å². The number of aromatic carboxylic acids is 1. The number of aryl methyl sites for hydroxylation is 1. The molecule has 7 heteroatoms. The van der Waals surface area contributed by atoms with Crippen LogP contribution in [0, 0.1) is 11.3 Å². The number of nitriles is 1. The second kappa shape index (κ2) is 9.02. The van der Waals surface area contributed by atoms with Crippen molar-refractivity contribution in [3.05, 3.63) is 53.2 Å². The fraction of sp³-hybridized carbons (Fsp3) is 0.263. The third-order valence-electron chi connectivity index (χ3n) is 3.58. The minimum Gasteiger partial charge on any atom is -0.478 e. The predicted molar refractivity (Wildman–Crippen MR) is 100 cm³/mol. The van der Waals surface area contributed by atoms with E-state index < -0.39 is 11.2 Å². The highest BCUT2D eigenvalue weighted by molar-refractivity contribution is 8.00. The molecule has 1 aromatic heterocycles. The van der Waals surface area contributed by atoms with Gasteiger partial charge in [-0.25, -0.2) is 9.78 Å². The number of nitrogens with one attached hydrogen (secondary N) is 1. The van der Waals surface area contributed by atoms with Gasteiger partial charge in [-0.1, -0.05) is 31.2 Å². The zero-order chi connectivity index (χ0) is 19.1. The fourth-order valence-corrected chi connectivity index (χ4v) is 3.16. The number of thioether (sulfide) groups is 1. The fourth-order valence-electron chi connectivity index (χ4n) is 2.24. The first-order chi connectivity index (χ1) is 12.4. The predicted octanol–water partition coefficient (Wildman–Crippen LogP) is 3.72. The Morgan fingerprint density at radius 1 is 1.35 bits per heavy atom. The molecular formula is C19H19N3O3S. The molecule has 0 spiro atoms. The summed E-state index contributed by atoms with van der Waals surface area (Å²) >= 11 is 1.21. The minimum atomic E-state index is -1.06. The molecule has 2 rings (SSSR count). The Hall–Kier alpha value is -2.85. The molecule has 134 valence electrons. The molecule has 0 aliphatic rings. The third kappa shape index (κ3) is 5.07. The van der Waals surface area contributed by atoms with E-state index in [1.807, 2.05) is 13.0 Å². The number of carbonyl (C=O) groups is 2. The van der Waals surface area contributed by atoms with Gasteiger partial charge in [0.1, 0.15) is 11.1 Å². The number of hydrogen-bond acceptors (Lipinski definition) is 5. The topological polar surface area (TPSA) is 103 Å². The molecule has 0 aliphatic heterocycles. The van der Waals surface area contributed by atoms with Crippen LogP contribution in [0.25, 0.3) is 0 Å². The number of anilines is 1. The highest BCUT2D eigenvalue weighted by Crippen LogP contribution is 2.26. The van der Waals surface area contributed by atoms with Gasteiger partial charge in [0.15, 0.2) is 0 Å². The van der Waals surface area contributed by atoms with Crippen molar-refractivity contribution in [1.29, 1.82) is 5.26 Å². The van der Waals surface area contributed by atoms with Crippen LogP contribution in [0.4, 0.5) is 5.69 Å². The summed E-state index contributed by atoms with van der Waals surface area (Å²) in [5.74, 6) is -1.34.